The minimum absolute atomic E-state index is 0.00956. The highest BCUT2D eigenvalue weighted by Gasteiger charge is 2.43. The van der Waals surface area contributed by atoms with Gasteiger partial charge in [0.2, 0.25) is 11.8 Å². The van der Waals surface area contributed by atoms with Gasteiger partial charge in [-0.15, -0.1) is 0 Å². The number of amides is 2. The van der Waals surface area contributed by atoms with Gasteiger partial charge in [-0.2, -0.15) is 0 Å². The zero-order chi connectivity index (χ0) is 20.4. The Morgan fingerprint density at radius 3 is 2.69 bits per heavy atom. The Morgan fingerprint density at radius 2 is 1.97 bits per heavy atom. The number of nitrogens with one attached hydrogen (secondary N) is 1. The number of aromatic nitrogens is 1. The summed E-state index contributed by atoms with van der Waals surface area (Å²) in [5, 5.41) is 3.15. The van der Waals surface area contributed by atoms with E-state index >= 15 is 0 Å². The van der Waals surface area contributed by atoms with Gasteiger partial charge >= 0.3 is 0 Å². The smallest absolute Gasteiger partial charge is 0.249 e. The zero-order valence-corrected chi connectivity index (χ0v) is 16.8. The lowest BCUT2D eigenvalue weighted by Gasteiger charge is -2.36. The van der Waals surface area contributed by atoms with E-state index in [9.17, 15) is 14.0 Å². The van der Waals surface area contributed by atoms with Crippen LogP contribution in [0.1, 0.15) is 37.8 Å². The molecule has 0 saturated carbocycles. The highest BCUT2D eigenvalue weighted by atomic mass is 19.1. The highest BCUT2D eigenvalue weighted by molar-refractivity contribution is 5.81. The van der Waals surface area contributed by atoms with Crippen LogP contribution in [0.25, 0.3) is 0 Å². The van der Waals surface area contributed by atoms with Crippen molar-refractivity contribution in [2.24, 2.45) is 0 Å². The van der Waals surface area contributed by atoms with E-state index in [1.54, 1.807) is 6.07 Å². The molecule has 0 radical (unpaired) electrons. The number of likely N-dealkylation sites (tertiary alicyclic amines) is 2. The third kappa shape index (κ3) is 4.75. The molecule has 3 fully saturated rings. The van der Waals surface area contributed by atoms with E-state index in [2.05, 4.69) is 22.2 Å². The van der Waals surface area contributed by atoms with Crippen LogP contribution in [-0.2, 0) is 20.7 Å². The third-order valence-electron chi connectivity index (χ3n) is 6.35. The third-order valence-corrected chi connectivity index (χ3v) is 6.35. The van der Waals surface area contributed by atoms with E-state index in [1.165, 1.54) is 6.07 Å². The molecule has 0 aliphatic carbocycles. The van der Waals surface area contributed by atoms with Crippen molar-refractivity contribution in [3.63, 3.8) is 0 Å². The molecule has 0 unspecified atom stereocenters. The molecule has 3 atom stereocenters. The number of nitrogens with zero attached hydrogens (tertiary/aromatic N) is 3. The number of ether oxygens (including phenoxy) is 1. The average molecular weight is 404 g/mol. The second kappa shape index (κ2) is 8.75. The molecule has 2 amide bonds. The lowest BCUT2D eigenvalue weighted by Crippen LogP contribution is -2.52. The van der Waals surface area contributed by atoms with Gasteiger partial charge < -0.3 is 19.9 Å². The van der Waals surface area contributed by atoms with Crippen molar-refractivity contribution in [1.29, 1.82) is 0 Å². The first-order chi connectivity index (χ1) is 14.0. The van der Waals surface area contributed by atoms with Crippen LogP contribution in [0.4, 0.5) is 4.39 Å². The van der Waals surface area contributed by atoms with Gasteiger partial charge in [0, 0.05) is 18.3 Å². The Hall–Kier alpha value is -2.06. The molecule has 3 aliphatic rings. The Morgan fingerprint density at radius 1 is 1.17 bits per heavy atom. The first-order valence-electron chi connectivity index (χ1n) is 10.5. The van der Waals surface area contributed by atoms with Crippen LogP contribution in [-0.4, -0.2) is 77.6 Å². The molecule has 4 rings (SSSR count). The van der Waals surface area contributed by atoms with E-state index in [4.69, 9.17) is 4.74 Å². The molecule has 7 nitrogen and oxygen atoms in total. The van der Waals surface area contributed by atoms with Crippen LogP contribution in [0.15, 0.2) is 18.3 Å². The molecule has 8 heteroatoms. The van der Waals surface area contributed by atoms with Crippen molar-refractivity contribution in [1.82, 2.24) is 20.1 Å². The summed E-state index contributed by atoms with van der Waals surface area (Å²) in [6.07, 6.45) is 4.84. The molecular formula is C21H29FN4O3. The Labute approximate surface area is 170 Å². The SMILES string of the molecule is CN1CCC(NC(=O)[C@@H]2CC[C@@H]3[C@@H](CCN3C(=O)Cc3ccc(F)cn3)O2)CC1. The van der Waals surface area contributed by atoms with Gasteiger partial charge in [-0.1, -0.05) is 0 Å². The summed E-state index contributed by atoms with van der Waals surface area (Å²) in [4.78, 5) is 33.5. The van der Waals surface area contributed by atoms with Gasteiger partial charge in [0.05, 0.1) is 24.8 Å². The molecule has 0 bridgehead atoms. The van der Waals surface area contributed by atoms with E-state index < -0.39 is 11.9 Å². The summed E-state index contributed by atoms with van der Waals surface area (Å²) in [5.41, 5.74) is 0.562. The number of carbonyl (C=O) groups excluding carboxylic acids is 2. The monoisotopic (exact) mass is 404 g/mol. The van der Waals surface area contributed by atoms with Crippen molar-refractivity contribution in [3.8, 4) is 0 Å². The maximum Gasteiger partial charge on any atom is 0.249 e. The van der Waals surface area contributed by atoms with Crippen LogP contribution >= 0.6 is 0 Å². The van der Waals surface area contributed by atoms with E-state index in [0.29, 0.717) is 18.7 Å². The second-order valence-corrected chi connectivity index (χ2v) is 8.41. The predicted molar refractivity (Wildman–Crippen MR) is 105 cm³/mol. The predicted octanol–water partition coefficient (Wildman–Crippen LogP) is 1.12. The minimum Gasteiger partial charge on any atom is -0.363 e. The normalized spacial score (nSPS) is 28.2. The molecule has 1 N–H and O–H groups in total. The lowest BCUT2D eigenvalue weighted by molar-refractivity contribution is -0.147. The lowest BCUT2D eigenvalue weighted by atomic mass is 9.97. The van der Waals surface area contributed by atoms with Gasteiger partial charge in [0.25, 0.3) is 0 Å². The standard InChI is InChI=1S/C21H29FN4O3/c1-25-9-6-15(7-10-25)24-21(28)19-5-4-17-18(29-19)8-11-26(17)20(27)12-16-3-2-14(22)13-23-16/h2-3,13,15,17-19H,4-12H2,1H3,(H,24,28)/t17-,18-,19+/m1/s1. The topological polar surface area (TPSA) is 74.8 Å². The molecular weight excluding hydrogens is 375 g/mol. The first-order valence-corrected chi connectivity index (χ1v) is 10.5. The molecule has 158 valence electrons. The molecule has 4 heterocycles. The average Bonchev–Trinajstić information content (AvgIpc) is 3.15. The Bertz CT molecular complexity index is 736. The fraction of sp³-hybridized carbons (Fsp3) is 0.667. The summed E-state index contributed by atoms with van der Waals surface area (Å²) in [5.74, 6) is -0.444. The number of hydrogen-bond acceptors (Lipinski definition) is 5. The molecule has 1 aromatic rings. The van der Waals surface area contributed by atoms with Gasteiger partial charge in [-0.05, 0) is 64.4 Å². The van der Waals surface area contributed by atoms with Crippen LogP contribution in [0, 0.1) is 5.82 Å². The number of carbonyl (C=O) groups is 2. The maximum atomic E-state index is 13.0. The Balaban J connectivity index is 1.28. The Kier molecular flexibility index (Phi) is 6.10. The van der Waals surface area contributed by atoms with Crippen LogP contribution in [0.2, 0.25) is 0 Å². The van der Waals surface area contributed by atoms with E-state index in [0.717, 1.165) is 45.0 Å². The maximum absolute atomic E-state index is 13.0. The number of pyridine rings is 1. The highest BCUT2D eigenvalue weighted by Crippen LogP contribution is 2.32. The molecule has 29 heavy (non-hydrogen) atoms. The second-order valence-electron chi connectivity index (χ2n) is 8.41. The fourth-order valence-corrected chi connectivity index (χ4v) is 4.64. The minimum atomic E-state index is -0.426. The van der Waals surface area contributed by atoms with Crippen molar-refractivity contribution in [2.45, 2.75) is 62.8 Å². The van der Waals surface area contributed by atoms with Gasteiger partial charge in [0.1, 0.15) is 11.9 Å². The largest absolute Gasteiger partial charge is 0.363 e. The van der Waals surface area contributed by atoms with Crippen LogP contribution in [0.5, 0.6) is 0 Å². The summed E-state index contributed by atoms with van der Waals surface area (Å²) >= 11 is 0. The summed E-state index contributed by atoms with van der Waals surface area (Å²) in [6, 6.07) is 3.10. The number of hydrogen-bond donors (Lipinski definition) is 1. The molecule has 0 spiro atoms. The fourth-order valence-electron chi connectivity index (χ4n) is 4.64. The van der Waals surface area contributed by atoms with Gasteiger partial charge in [-0.25, -0.2) is 4.39 Å². The number of rotatable bonds is 4. The molecule has 0 aromatic carbocycles. The zero-order valence-electron chi connectivity index (χ0n) is 16.8. The van der Waals surface area contributed by atoms with Crippen LogP contribution in [0.3, 0.4) is 0 Å². The van der Waals surface area contributed by atoms with Crippen molar-refractivity contribution in [3.05, 3.63) is 29.8 Å². The van der Waals surface area contributed by atoms with Crippen molar-refractivity contribution >= 4 is 11.8 Å². The van der Waals surface area contributed by atoms with Crippen LogP contribution < -0.4 is 5.32 Å². The summed E-state index contributed by atoms with van der Waals surface area (Å²) < 4.78 is 19.1. The molecule has 3 aliphatic heterocycles. The van der Waals surface area contributed by atoms with E-state index in [1.807, 2.05) is 4.90 Å². The summed E-state index contributed by atoms with van der Waals surface area (Å²) in [6.45, 7) is 2.63. The summed E-state index contributed by atoms with van der Waals surface area (Å²) in [7, 11) is 2.10. The quantitative estimate of drug-likeness (QED) is 0.814. The molecule has 1 aromatic heterocycles. The van der Waals surface area contributed by atoms with Crippen molar-refractivity contribution in [2.75, 3.05) is 26.7 Å². The van der Waals surface area contributed by atoms with Crippen molar-refractivity contribution < 1.29 is 18.7 Å². The first kappa shape index (κ1) is 20.2. The number of fused-ring (bicyclic) bond motifs is 1. The van der Waals surface area contributed by atoms with Gasteiger partial charge in [-0.3, -0.25) is 14.6 Å². The molecule has 3 saturated heterocycles. The number of halogens is 1. The van der Waals surface area contributed by atoms with Gasteiger partial charge in [0.15, 0.2) is 0 Å². The number of piperidine rings is 1. The van der Waals surface area contributed by atoms with E-state index in [-0.39, 0.29) is 36.4 Å².